The van der Waals surface area contributed by atoms with E-state index in [0.29, 0.717) is 5.92 Å². The van der Waals surface area contributed by atoms with Crippen LogP contribution >= 0.6 is 10.7 Å². The first-order valence-corrected chi connectivity index (χ1v) is 10.2. The molecule has 0 spiro atoms. The number of aromatic nitrogens is 4. The van der Waals surface area contributed by atoms with Crippen molar-refractivity contribution >= 4 is 19.7 Å². The van der Waals surface area contributed by atoms with Crippen LogP contribution in [0.5, 0.6) is 0 Å². The topological polar surface area (TPSA) is 88.6 Å². The van der Waals surface area contributed by atoms with Gasteiger partial charge < -0.3 is 0 Å². The van der Waals surface area contributed by atoms with E-state index in [0.717, 1.165) is 11.1 Å². The number of nitrogens with zero attached hydrogens (tertiary/aromatic N) is 3. The van der Waals surface area contributed by atoms with E-state index < -0.39 is 9.05 Å². The molecular weight excluding hydrogens is 348 g/mol. The van der Waals surface area contributed by atoms with Crippen molar-refractivity contribution in [3.63, 3.8) is 0 Å². The third-order valence-electron chi connectivity index (χ3n) is 3.59. The molecule has 0 fully saturated rings. The van der Waals surface area contributed by atoms with Gasteiger partial charge in [-0.05, 0) is 50.9 Å². The van der Waals surface area contributed by atoms with E-state index in [1.165, 1.54) is 11.9 Å². The summed E-state index contributed by atoms with van der Waals surface area (Å²) in [7, 11) is 1.88. The molecule has 0 aliphatic rings. The van der Waals surface area contributed by atoms with Gasteiger partial charge in [-0.1, -0.05) is 47.6 Å². The molecule has 0 atom stereocenters. The number of H-pyrrole nitrogens is 1. The minimum absolute atomic E-state index is 0.125. The minimum Gasteiger partial charge on any atom is -0.246 e. The molecule has 1 aromatic carbocycles. The molecule has 24 heavy (non-hydrogen) atoms. The Balaban J connectivity index is 0.000000488. The van der Waals surface area contributed by atoms with E-state index in [1.54, 1.807) is 6.07 Å². The molecule has 1 N–H and O–H groups in total. The molecule has 0 amide bonds. The normalized spacial score (nSPS) is 11.8. The fourth-order valence-electron chi connectivity index (χ4n) is 2.72. The largest absolute Gasteiger partial charge is 0.261 e. The van der Waals surface area contributed by atoms with Crippen LogP contribution in [0.3, 0.4) is 0 Å². The lowest BCUT2D eigenvalue weighted by molar-refractivity contribution is 0.606. The molecule has 2 aromatic rings. The lowest BCUT2D eigenvalue weighted by atomic mass is 9.83. The lowest BCUT2D eigenvalue weighted by Crippen LogP contribution is -2.10. The van der Waals surface area contributed by atoms with Crippen LogP contribution in [-0.4, -0.2) is 29.0 Å². The monoisotopic (exact) mass is 372 g/mol. The summed E-state index contributed by atoms with van der Waals surface area (Å²) in [4.78, 5) is 0.261. The van der Waals surface area contributed by atoms with Crippen LogP contribution in [0.25, 0.3) is 0 Å². The summed E-state index contributed by atoms with van der Waals surface area (Å²) in [6, 6.07) is 3.56. The van der Waals surface area contributed by atoms with E-state index >= 15 is 0 Å². The molecule has 1 aromatic heterocycles. The second-order valence-corrected chi connectivity index (χ2v) is 8.98. The smallest absolute Gasteiger partial charge is 0.246 e. The van der Waals surface area contributed by atoms with Gasteiger partial charge >= 0.3 is 0 Å². The molecule has 134 valence electrons. The molecule has 2 rings (SSSR count). The van der Waals surface area contributed by atoms with Crippen molar-refractivity contribution in [3.8, 4) is 0 Å². The van der Waals surface area contributed by atoms with Crippen molar-refractivity contribution in [3.05, 3.63) is 35.2 Å². The molecule has 0 saturated heterocycles. The van der Waals surface area contributed by atoms with Crippen molar-refractivity contribution in [1.82, 2.24) is 20.6 Å². The van der Waals surface area contributed by atoms with Crippen molar-refractivity contribution in [2.75, 3.05) is 0 Å². The summed E-state index contributed by atoms with van der Waals surface area (Å²) in [6.07, 6.45) is 1.40. The number of hydrogen-bond acceptors (Lipinski definition) is 5. The molecule has 0 unspecified atom stereocenters. The highest BCUT2D eigenvalue weighted by molar-refractivity contribution is 8.13. The Bertz CT molecular complexity index is 724. The van der Waals surface area contributed by atoms with Crippen LogP contribution in [0, 0.1) is 0 Å². The van der Waals surface area contributed by atoms with Gasteiger partial charge in [0.15, 0.2) is 0 Å². The van der Waals surface area contributed by atoms with Gasteiger partial charge in [-0.3, -0.25) is 0 Å². The zero-order valence-corrected chi connectivity index (χ0v) is 16.5. The Kier molecular flexibility index (Phi) is 7.35. The number of aromatic amines is 1. The quantitative estimate of drug-likeness (QED) is 0.813. The van der Waals surface area contributed by atoms with Gasteiger partial charge in [-0.25, -0.2) is 13.5 Å². The molecule has 0 bridgehead atoms. The predicted octanol–water partition coefficient (Wildman–Crippen LogP) is 4.18. The molecule has 0 radical (unpaired) electrons. The van der Waals surface area contributed by atoms with E-state index in [1.807, 2.05) is 19.9 Å². The first-order valence-electron chi connectivity index (χ1n) is 7.85. The van der Waals surface area contributed by atoms with Crippen LogP contribution in [0.4, 0.5) is 0 Å². The summed E-state index contributed by atoms with van der Waals surface area (Å²) in [6.45, 7) is 12.5. The van der Waals surface area contributed by atoms with Crippen LogP contribution in [0.15, 0.2) is 23.4 Å². The Hall–Kier alpha value is -1.47. The Morgan fingerprint density at radius 1 is 0.958 bits per heavy atom. The fourth-order valence-corrected chi connectivity index (χ4v) is 3.96. The Morgan fingerprint density at radius 3 is 1.83 bits per heavy atom. The van der Waals surface area contributed by atoms with E-state index in [4.69, 9.17) is 10.7 Å². The van der Waals surface area contributed by atoms with Gasteiger partial charge in [-0.2, -0.15) is 0 Å². The lowest BCUT2D eigenvalue weighted by Gasteiger charge is -2.24. The zero-order chi connectivity index (χ0) is 18.5. The van der Waals surface area contributed by atoms with E-state index in [9.17, 15) is 8.42 Å². The molecular formula is C16H25ClN4O2S. The summed E-state index contributed by atoms with van der Waals surface area (Å²) >= 11 is 0. The highest BCUT2D eigenvalue weighted by Gasteiger charge is 2.25. The second-order valence-electron chi connectivity index (χ2n) is 6.45. The SMILES string of the molecule is CC(C)c1ccc(S(=O)(=O)Cl)c(C(C)C)c1C(C)C.c1nnn[nH]1. The second kappa shape index (κ2) is 8.58. The summed E-state index contributed by atoms with van der Waals surface area (Å²) in [5.41, 5.74) is 3.21. The number of benzene rings is 1. The number of rotatable bonds is 4. The molecule has 0 aliphatic heterocycles. The van der Waals surface area contributed by atoms with Crippen LogP contribution in [-0.2, 0) is 9.05 Å². The van der Waals surface area contributed by atoms with Gasteiger partial charge in [0.25, 0.3) is 9.05 Å². The van der Waals surface area contributed by atoms with Gasteiger partial charge in [0, 0.05) is 10.7 Å². The number of nitrogens with one attached hydrogen (secondary N) is 1. The average Bonchev–Trinajstić information content (AvgIpc) is 3.03. The molecule has 6 nitrogen and oxygen atoms in total. The molecule has 0 aliphatic carbocycles. The first kappa shape index (κ1) is 20.6. The van der Waals surface area contributed by atoms with Crippen molar-refractivity contribution < 1.29 is 8.42 Å². The van der Waals surface area contributed by atoms with Gasteiger partial charge in [0.05, 0.1) is 4.90 Å². The van der Waals surface area contributed by atoms with Crippen molar-refractivity contribution in [1.29, 1.82) is 0 Å². The van der Waals surface area contributed by atoms with Gasteiger partial charge in [0.2, 0.25) is 0 Å². The third kappa shape index (κ3) is 5.27. The average molecular weight is 373 g/mol. The van der Waals surface area contributed by atoms with Crippen molar-refractivity contribution in [2.24, 2.45) is 0 Å². The van der Waals surface area contributed by atoms with Crippen LogP contribution in [0.2, 0.25) is 0 Å². The van der Waals surface area contributed by atoms with Crippen LogP contribution < -0.4 is 0 Å². The fraction of sp³-hybridized carbons (Fsp3) is 0.562. The predicted molar refractivity (Wildman–Crippen MR) is 95.9 cm³/mol. The summed E-state index contributed by atoms with van der Waals surface area (Å²) < 4.78 is 23.6. The minimum atomic E-state index is -3.70. The summed E-state index contributed by atoms with van der Waals surface area (Å²) in [5.74, 6) is 0.759. The molecule has 8 heteroatoms. The maximum Gasteiger partial charge on any atom is 0.261 e. The van der Waals surface area contributed by atoms with Gasteiger partial charge in [-0.15, -0.1) is 5.10 Å². The van der Waals surface area contributed by atoms with Crippen molar-refractivity contribution in [2.45, 2.75) is 64.2 Å². The van der Waals surface area contributed by atoms with Crippen LogP contribution in [0.1, 0.15) is 76.0 Å². The maximum atomic E-state index is 11.8. The highest BCUT2D eigenvalue weighted by Crippen LogP contribution is 2.38. The van der Waals surface area contributed by atoms with Gasteiger partial charge in [0.1, 0.15) is 6.33 Å². The maximum absolute atomic E-state index is 11.8. The molecule has 1 heterocycles. The summed E-state index contributed by atoms with van der Waals surface area (Å²) in [5, 5.41) is 12.1. The number of halogens is 1. The molecule has 0 saturated carbocycles. The highest BCUT2D eigenvalue weighted by atomic mass is 35.7. The van der Waals surface area contributed by atoms with E-state index in [-0.39, 0.29) is 16.7 Å². The number of tetrazole rings is 1. The Labute approximate surface area is 148 Å². The first-order chi connectivity index (χ1) is 11.1. The zero-order valence-electron chi connectivity index (χ0n) is 14.9. The van der Waals surface area contributed by atoms with E-state index in [2.05, 4.69) is 48.3 Å². The Morgan fingerprint density at radius 2 is 1.54 bits per heavy atom. The standard InChI is InChI=1S/C15H23ClO2S.CH2N4/c1-9(2)12-7-8-13(19(16,17)18)15(11(5)6)14(12)10(3)4;1-2-4-5-3-1/h7-11H,1-6H3;1H,(H,2,3,4,5). The number of hydrogen-bond donors (Lipinski definition) is 1. The third-order valence-corrected chi connectivity index (χ3v) is 4.97.